The van der Waals surface area contributed by atoms with Gasteiger partial charge in [0, 0.05) is 25.0 Å². The van der Waals surface area contributed by atoms with Gasteiger partial charge in [-0.05, 0) is 38.3 Å². The number of aromatic nitrogens is 4. The van der Waals surface area contributed by atoms with E-state index in [1.54, 1.807) is 44.4 Å². The molecule has 0 aliphatic rings. The number of amides is 1. The molecule has 186 valence electrons. The van der Waals surface area contributed by atoms with Crippen molar-refractivity contribution < 1.29 is 13.2 Å². The van der Waals surface area contributed by atoms with Crippen LogP contribution in [-0.2, 0) is 10.0 Å². The van der Waals surface area contributed by atoms with Gasteiger partial charge in [-0.3, -0.25) is 19.8 Å². The summed E-state index contributed by atoms with van der Waals surface area (Å²) in [6.45, 7) is 3.53. The highest BCUT2D eigenvalue weighted by molar-refractivity contribution is 7.98. The van der Waals surface area contributed by atoms with Gasteiger partial charge in [-0.1, -0.05) is 41.3 Å². The second-order valence-electron chi connectivity index (χ2n) is 7.53. The minimum atomic E-state index is -3.78. The van der Waals surface area contributed by atoms with Crippen LogP contribution in [0.4, 0.5) is 16.6 Å². The van der Waals surface area contributed by atoms with E-state index in [9.17, 15) is 13.2 Å². The number of hydrogen-bond acceptors (Lipinski definition) is 10. The number of hydrogen-bond donors (Lipinski definition) is 3. The Balaban J connectivity index is 1.59. The molecule has 36 heavy (non-hydrogen) atoms. The quantitative estimate of drug-likeness (QED) is 0.218. The molecule has 3 N–H and O–H groups in total. The predicted octanol–water partition coefficient (Wildman–Crippen LogP) is 4.43. The summed E-state index contributed by atoms with van der Waals surface area (Å²) in [6.07, 6.45) is 4.97. The van der Waals surface area contributed by atoms with E-state index < -0.39 is 15.9 Å². The number of benzene rings is 1. The molecule has 0 aliphatic heterocycles. The van der Waals surface area contributed by atoms with Crippen molar-refractivity contribution in [2.45, 2.75) is 23.9 Å². The highest BCUT2D eigenvalue weighted by Crippen LogP contribution is 2.35. The van der Waals surface area contributed by atoms with Crippen molar-refractivity contribution >= 4 is 55.7 Å². The molecule has 0 atom stereocenters. The van der Waals surface area contributed by atoms with E-state index in [-0.39, 0.29) is 4.90 Å². The van der Waals surface area contributed by atoms with E-state index in [2.05, 4.69) is 35.3 Å². The summed E-state index contributed by atoms with van der Waals surface area (Å²) >= 11 is 2.64. The first-order valence-corrected chi connectivity index (χ1v) is 14.2. The first-order valence-electron chi connectivity index (χ1n) is 10.6. The van der Waals surface area contributed by atoms with Crippen LogP contribution in [0.15, 0.2) is 58.8 Å². The summed E-state index contributed by atoms with van der Waals surface area (Å²) in [5.41, 5.74) is 2.52. The van der Waals surface area contributed by atoms with Crippen molar-refractivity contribution in [1.82, 2.24) is 19.9 Å². The summed E-state index contributed by atoms with van der Waals surface area (Å²) < 4.78 is 28.2. The van der Waals surface area contributed by atoms with Crippen molar-refractivity contribution in [3.05, 3.63) is 65.7 Å². The summed E-state index contributed by atoms with van der Waals surface area (Å²) in [6, 6.07) is 9.84. The summed E-state index contributed by atoms with van der Waals surface area (Å²) in [4.78, 5) is 31.1. The molecule has 0 saturated carbocycles. The summed E-state index contributed by atoms with van der Waals surface area (Å²) in [5.74, 6) is 0.0177. The monoisotopic (exact) mass is 541 g/mol. The Labute approximate surface area is 217 Å². The lowest BCUT2D eigenvalue weighted by Gasteiger charge is -2.11. The predicted molar refractivity (Wildman–Crippen MR) is 143 cm³/mol. The summed E-state index contributed by atoms with van der Waals surface area (Å²) in [7, 11) is -2.09. The van der Waals surface area contributed by atoms with Crippen LogP contribution in [0.1, 0.15) is 21.7 Å². The molecule has 3 aromatic heterocycles. The maximum atomic E-state index is 12.9. The van der Waals surface area contributed by atoms with Gasteiger partial charge in [0.25, 0.3) is 15.9 Å². The number of aryl methyl sites for hydroxylation is 2. The number of thioether (sulfide) groups is 1. The highest BCUT2D eigenvalue weighted by Gasteiger charge is 2.19. The molecule has 1 aromatic carbocycles. The molecule has 10 nitrogen and oxygen atoms in total. The van der Waals surface area contributed by atoms with Crippen LogP contribution >= 0.6 is 23.1 Å². The van der Waals surface area contributed by atoms with E-state index in [4.69, 9.17) is 0 Å². The van der Waals surface area contributed by atoms with Crippen molar-refractivity contribution in [1.29, 1.82) is 0 Å². The van der Waals surface area contributed by atoms with Crippen molar-refractivity contribution in [2.75, 3.05) is 28.7 Å². The van der Waals surface area contributed by atoms with Gasteiger partial charge in [0.2, 0.25) is 0 Å². The maximum Gasteiger partial charge on any atom is 0.262 e. The van der Waals surface area contributed by atoms with Crippen LogP contribution in [0, 0.1) is 13.8 Å². The van der Waals surface area contributed by atoms with Gasteiger partial charge in [-0.25, -0.2) is 23.4 Å². The lowest BCUT2D eigenvalue weighted by Crippen LogP contribution is -2.15. The van der Waals surface area contributed by atoms with Gasteiger partial charge in [-0.2, -0.15) is 0 Å². The normalized spacial score (nSPS) is 11.2. The van der Waals surface area contributed by atoms with Crippen LogP contribution in [0.2, 0.25) is 0 Å². The Kier molecular flexibility index (Phi) is 7.52. The first kappa shape index (κ1) is 25.5. The number of rotatable bonds is 8. The Morgan fingerprint density at radius 3 is 2.47 bits per heavy atom. The average Bonchev–Trinajstić information content (AvgIpc) is 3.24. The van der Waals surface area contributed by atoms with Crippen LogP contribution in [0.3, 0.4) is 0 Å². The Morgan fingerprint density at radius 1 is 1.03 bits per heavy atom. The number of nitrogens with zero attached hydrogens (tertiary/aromatic N) is 4. The third-order valence-corrected chi connectivity index (χ3v) is 8.16. The largest absolute Gasteiger partial charge is 0.372 e. The minimum absolute atomic E-state index is 0.157. The first-order chi connectivity index (χ1) is 17.2. The molecular formula is C23H23N7O3S3. The molecule has 1 amide bonds. The minimum Gasteiger partial charge on any atom is -0.372 e. The second kappa shape index (κ2) is 10.6. The molecular weight excluding hydrogens is 519 g/mol. The molecule has 0 aliphatic carbocycles. The second-order valence-corrected chi connectivity index (χ2v) is 11.0. The van der Waals surface area contributed by atoms with Gasteiger partial charge in [0.15, 0.2) is 10.3 Å². The number of pyridine rings is 1. The van der Waals surface area contributed by atoms with Crippen LogP contribution in [0.25, 0.3) is 10.4 Å². The SMILES string of the molecule is CNc1nc(SC)ncc1C(=O)Nc1nc(C)c(-c2cnc(C)c(NS(=O)(=O)c3ccccc3)c2)s1. The summed E-state index contributed by atoms with van der Waals surface area (Å²) in [5, 5.41) is 6.65. The van der Waals surface area contributed by atoms with Crippen molar-refractivity contribution in [2.24, 2.45) is 0 Å². The van der Waals surface area contributed by atoms with E-state index in [0.717, 1.165) is 4.88 Å². The molecule has 0 bridgehead atoms. The molecule has 0 radical (unpaired) electrons. The van der Waals surface area contributed by atoms with Crippen molar-refractivity contribution in [3.8, 4) is 10.4 Å². The number of thiazole rings is 1. The Bertz CT molecular complexity index is 1520. The molecule has 0 spiro atoms. The lowest BCUT2D eigenvalue weighted by atomic mass is 10.2. The van der Waals surface area contributed by atoms with Crippen LogP contribution < -0.4 is 15.4 Å². The zero-order valence-electron chi connectivity index (χ0n) is 19.9. The molecule has 0 unspecified atom stereocenters. The molecule has 13 heteroatoms. The third kappa shape index (κ3) is 5.48. The smallest absolute Gasteiger partial charge is 0.262 e. The van der Waals surface area contributed by atoms with E-state index in [1.165, 1.54) is 41.4 Å². The number of nitrogens with one attached hydrogen (secondary N) is 3. The standard InChI is InChI=1S/C23H23N7O3S3/c1-13-18(30-36(32,33)16-8-6-5-7-9-16)10-15(11-25-13)19-14(2)27-23(35-19)29-21(31)17-12-26-22(34-4)28-20(17)24-3/h5-12,30H,1-4H3,(H,24,26,28)(H,27,29,31). The third-order valence-electron chi connectivity index (χ3n) is 5.09. The lowest BCUT2D eigenvalue weighted by molar-refractivity contribution is 0.102. The fourth-order valence-corrected chi connectivity index (χ4v) is 5.68. The van der Waals surface area contributed by atoms with Crippen LogP contribution in [0.5, 0.6) is 0 Å². The van der Waals surface area contributed by atoms with Gasteiger partial charge in [0.05, 0.1) is 26.8 Å². The van der Waals surface area contributed by atoms with E-state index >= 15 is 0 Å². The number of anilines is 3. The molecule has 0 saturated heterocycles. The average molecular weight is 542 g/mol. The fourth-order valence-electron chi connectivity index (χ4n) is 3.27. The highest BCUT2D eigenvalue weighted by atomic mass is 32.2. The van der Waals surface area contributed by atoms with E-state index in [0.29, 0.717) is 44.3 Å². The zero-order valence-corrected chi connectivity index (χ0v) is 22.3. The molecule has 3 heterocycles. The number of sulfonamides is 1. The van der Waals surface area contributed by atoms with Gasteiger partial charge >= 0.3 is 0 Å². The number of carbonyl (C=O) groups excluding carboxylic acids is 1. The Morgan fingerprint density at radius 2 is 1.78 bits per heavy atom. The maximum absolute atomic E-state index is 12.9. The fraction of sp³-hybridized carbons (Fsp3) is 0.174. The van der Waals surface area contributed by atoms with Crippen LogP contribution in [-0.4, -0.2) is 47.6 Å². The zero-order chi connectivity index (χ0) is 25.9. The molecule has 0 fully saturated rings. The van der Waals surface area contributed by atoms with Crippen molar-refractivity contribution in [3.63, 3.8) is 0 Å². The Hall–Kier alpha value is -3.55. The molecule has 4 rings (SSSR count). The van der Waals surface area contributed by atoms with Gasteiger partial charge in [0.1, 0.15) is 11.4 Å². The molecule has 4 aromatic rings. The topological polar surface area (TPSA) is 139 Å². The van der Waals surface area contributed by atoms with Gasteiger partial charge < -0.3 is 5.32 Å². The van der Waals surface area contributed by atoms with E-state index in [1.807, 2.05) is 13.2 Å². The number of carbonyl (C=O) groups is 1. The van der Waals surface area contributed by atoms with Gasteiger partial charge in [-0.15, -0.1) is 0 Å².